The third kappa shape index (κ3) is 2.90. The minimum atomic E-state index is -0.615. The van der Waals surface area contributed by atoms with Crippen molar-refractivity contribution in [2.24, 2.45) is 5.73 Å². The summed E-state index contributed by atoms with van der Waals surface area (Å²) >= 11 is 1.02. The molecular weight excluding hydrogens is 329 g/mol. The maximum atomic E-state index is 14.2. The summed E-state index contributed by atoms with van der Waals surface area (Å²) in [5.74, 6) is -1.09. The number of primary amides is 1. The van der Waals surface area contributed by atoms with E-state index in [9.17, 15) is 14.0 Å². The van der Waals surface area contributed by atoms with Crippen molar-refractivity contribution in [3.63, 3.8) is 0 Å². The monoisotopic (exact) mass is 343 g/mol. The molecule has 3 rings (SSSR count). The van der Waals surface area contributed by atoms with E-state index >= 15 is 0 Å². The average Bonchev–Trinajstić information content (AvgIpc) is 2.56. The largest absolute Gasteiger partial charge is 0.369 e. The van der Waals surface area contributed by atoms with Crippen molar-refractivity contribution in [1.29, 1.82) is 0 Å². The van der Waals surface area contributed by atoms with Gasteiger partial charge in [-0.1, -0.05) is 36.0 Å². The second kappa shape index (κ2) is 6.45. The van der Waals surface area contributed by atoms with Crippen LogP contribution < -0.4 is 11.3 Å². The van der Waals surface area contributed by atoms with Crippen molar-refractivity contribution in [2.45, 2.75) is 17.3 Å². The van der Waals surface area contributed by atoms with Crippen LogP contribution in [0.25, 0.3) is 16.6 Å². The van der Waals surface area contributed by atoms with E-state index in [1.165, 1.54) is 22.8 Å². The second-order valence-corrected chi connectivity index (χ2v) is 6.47. The summed E-state index contributed by atoms with van der Waals surface area (Å²) in [6, 6.07) is 12.7. The maximum absolute atomic E-state index is 14.2. The predicted octanol–water partition coefficient (Wildman–Crippen LogP) is 2.49. The van der Waals surface area contributed by atoms with Gasteiger partial charge >= 0.3 is 0 Å². The number of halogens is 1. The first-order valence-electron chi connectivity index (χ1n) is 7.21. The van der Waals surface area contributed by atoms with Crippen molar-refractivity contribution < 1.29 is 9.18 Å². The van der Waals surface area contributed by atoms with E-state index in [4.69, 9.17) is 5.73 Å². The minimum absolute atomic E-state index is 0.0833. The molecule has 1 atom stereocenters. The topological polar surface area (TPSA) is 78.0 Å². The van der Waals surface area contributed by atoms with Crippen LogP contribution in [0.15, 0.2) is 58.5 Å². The van der Waals surface area contributed by atoms with Gasteiger partial charge < -0.3 is 5.73 Å². The molecule has 24 heavy (non-hydrogen) atoms. The van der Waals surface area contributed by atoms with Gasteiger partial charge in [-0.15, -0.1) is 0 Å². The van der Waals surface area contributed by atoms with Crippen LogP contribution in [0, 0.1) is 5.82 Å². The summed E-state index contributed by atoms with van der Waals surface area (Å²) in [6.07, 6.45) is 0. The fourth-order valence-electron chi connectivity index (χ4n) is 2.25. The summed E-state index contributed by atoms with van der Waals surface area (Å²) in [5.41, 5.74) is 5.47. The number of nitrogens with two attached hydrogens (primary N) is 1. The van der Waals surface area contributed by atoms with Gasteiger partial charge in [0, 0.05) is 0 Å². The Morgan fingerprint density at radius 2 is 1.88 bits per heavy atom. The van der Waals surface area contributed by atoms with Crippen LogP contribution in [-0.4, -0.2) is 20.7 Å². The molecule has 0 aliphatic rings. The molecule has 3 aromatic rings. The molecule has 2 aromatic carbocycles. The van der Waals surface area contributed by atoms with Crippen molar-refractivity contribution in [3.8, 4) is 5.69 Å². The molecule has 0 aliphatic carbocycles. The number of benzene rings is 2. The van der Waals surface area contributed by atoms with Crippen molar-refractivity contribution in [2.75, 3.05) is 0 Å². The van der Waals surface area contributed by atoms with Gasteiger partial charge in [-0.2, -0.15) is 0 Å². The Morgan fingerprint density at radius 1 is 1.21 bits per heavy atom. The molecule has 0 bridgehead atoms. The van der Waals surface area contributed by atoms with E-state index in [1.807, 2.05) is 0 Å². The molecule has 1 aromatic heterocycles. The Hall–Kier alpha value is -2.67. The van der Waals surface area contributed by atoms with Crippen LogP contribution in [0.1, 0.15) is 6.92 Å². The highest BCUT2D eigenvalue weighted by Crippen LogP contribution is 2.25. The van der Waals surface area contributed by atoms with Gasteiger partial charge in [-0.05, 0) is 31.2 Å². The Labute approximate surface area is 141 Å². The number of nitrogens with zero attached hydrogens (tertiary/aromatic N) is 2. The Kier molecular flexibility index (Phi) is 4.35. The van der Waals surface area contributed by atoms with E-state index in [1.54, 1.807) is 37.3 Å². The van der Waals surface area contributed by atoms with Crippen LogP contribution in [0.2, 0.25) is 0 Å². The van der Waals surface area contributed by atoms with Crippen molar-refractivity contribution in [3.05, 3.63) is 64.7 Å². The van der Waals surface area contributed by atoms with Gasteiger partial charge in [-0.25, -0.2) is 9.37 Å². The van der Waals surface area contributed by atoms with Gasteiger partial charge in [0.2, 0.25) is 5.91 Å². The molecule has 122 valence electrons. The summed E-state index contributed by atoms with van der Waals surface area (Å²) in [4.78, 5) is 28.7. The molecular formula is C17H14FN3O2S. The molecule has 1 unspecified atom stereocenters. The number of rotatable bonds is 4. The fourth-order valence-corrected chi connectivity index (χ4v) is 3.12. The van der Waals surface area contributed by atoms with Crippen LogP contribution in [-0.2, 0) is 4.79 Å². The van der Waals surface area contributed by atoms with Gasteiger partial charge in [0.15, 0.2) is 5.16 Å². The number of carbonyl (C=O) groups is 1. The third-order valence-electron chi connectivity index (χ3n) is 3.52. The molecule has 0 saturated carbocycles. The number of thioether (sulfide) groups is 1. The van der Waals surface area contributed by atoms with E-state index in [-0.39, 0.29) is 10.8 Å². The smallest absolute Gasteiger partial charge is 0.266 e. The third-order valence-corrected chi connectivity index (χ3v) is 4.59. The zero-order valence-corrected chi connectivity index (χ0v) is 13.6. The zero-order valence-electron chi connectivity index (χ0n) is 12.8. The van der Waals surface area contributed by atoms with Crippen LogP contribution >= 0.6 is 11.8 Å². The second-order valence-electron chi connectivity index (χ2n) is 5.17. The summed E-state index contributed by atoms with van der Waals surface area (Å²) in [7, 11) is 0. The molecule has 0 aliphatic heterocycles. The average molecular weight is 343 g/mol. The lowest BCUT2D eigenvalue weighted by Gasteiger charge is -2.15. The Bertz CT molecular complexity index is 987. The Balaban J connectivity index is 2.32. The molecule has 0 saturated heterocycles. The number of aromatic nitrogens is 2. The summed E-state index contributed by atoms with van der Waals surface area (Å²) in [5, 5.41) is -0.0250. The highest BCUT2D eigenvalue weighted by molar-refractivity contribution is 8.00. The first-order valence-corrected chi connectivity index (χ1v) is 8.09. The van der Waals surface area contributed by atoms with Gasteiger partial charge in [0.25, 0.3) is 5.56 Å². The van der Waals surface area contributed by atoms with Crippen molar-refractivity contribution >= 4 is 28.6 Å². The molecule has 1 heterocycles. The SMILES string of the molecule is CC(Sc1nc2ccccc2c(=O)n1-c1ccccc1F)C(N)=O. The zero-order chi connectivity index (χ0) is 17.3. The van der Waals surface area contributed by atoms with E-state index in [0.717, 1.165) is 11.8 Å². The number of carbonyl (C=O) groups excluding carboxylic acids is 1. The molecule has 2 N–H and O–H groups in total. The van der Waals surface area contributed by atoms with Crippen LogP contribution in [0.4, 0.5) is 4.39 Å². The molecule has 5 nitrogen and oxygen atoms in total. The summed E-state index contributed by atoms with van der Waals surface area (Å²) in [6.45, 7) is 1.61. The van der Waals surface area contributed by atoms with Crippen LogP contribution in [0.5, 0.6) is 0 Å². The quantitative estimate of drug-likeness (QED) is 0.583. The number of para-hydroxylation sites is 2. The summed E-state index contributed by atoms with van der Waals surface area (Å²) < 4.78 is 15.4. The first-order chi connectivity index (χ1) is 11.5. The van der Waals surface area contributed by atoms with Crippen molar-refractivity contribution in [1.82, 2.24) is 9.55 Å². The lowest BCUT2D eigenvalue weighted by Crippen LogP contribution is -2.26. The predicted molar refractivity (Wildman–Crippen MR) is 91.8 cm³/mol. The van der Waals surface area contributed by atoms with Gasteiger partial charge in [-0.3, -0.25) is 14.2 Å². The van der Waals surface area contributed by atoms with E-state index in [2.05, 4.69) is 4.98 Å². The molecule has 1 amide bonds. The highest BCUT2D eigenvalue weighted by Gasteiger charge is 2.19. The molecule has 0 spiro atoms. The lowest BCUT2D eigenvalue weighted by atomic mass is 10.2. The van der Waals surface area contributed by atoms with Gasteiger partial charge in [0.1, 0.15) is 5.82 Å². The van der Waals surface area contributed by atoms with Crippen LogP contribution in [0.3, 0.4) is 0 Å². The first kappa shape index (κ1) is 16.2. The van der Waals surface area contributed by atoms with Gasteiger partial charge in [0.05, 0.1) is 21.8 Å². The number of amides is 1. The minimum Gasteiger partial charge on any atom is -0.369 e. The number of fused-ring (bicyclic) bond motifs is 1. The number of hydrogen-bond acceptors (Lipinski definition) is 4. The van der Waals surface area contributed by atoms with E-state index < -0.39 is 22.5 Å². The fraction of sp³-hybridized carbons (Fsp3) is 0.118. The molecule has 0 fully saturated rings. The van der Waals surface area contributed by atoms with E-state index in [0.29, 0.717) is 10.9 Å². The Morgan fingerprint density at radius 3 is 2.58 bits per heavy atom. The maximum Gasteiger partial charge on any atom is 0.266 e. The highest BCUT2D eigenvalue weighted by atomic mass is 32.2. The lowest BCUT2D eigenvalue weighted by molar-refractivity contribution is -0.117. The standard InChI is InChI=1S/C17H14FN3O2S/c1-10(15(19)22)24-17-20-13-8-4-2-6-11(13)16(23)21(17)14-9-5-3-7-12(14)18/h2-10H,1H3,(H2,19,22). The molecule has 7 heteroatoms. The normalized spacial score (nSPS) is 12.2. The molecule has 0 radical (unpaired) electrons. The number of hydrogen-bond donors (Lipinski definition) is 1.